The van der Waals surface area contributed by atoms with Crippen LogP contribution in [0.3, 0.4) is 0 Å². The zero-order chi connectivity index (χ0) is 17.1. The van der Waals surface area contributed by atoms with Gasteiger partial charge in [0.05, 0.1) is 19.5 Å². The Morgan fingerprint density at radius 1 is 1.42 bits per heavy atom. The number of nitrogens with one attached hydrogen (secondary N) is 1. The fourth-order valence-electron chi connectivity index (χ4n) is 3.25. The molecule has 1 aromatic heterocycles. The van der Waals surface area contributed by atoms with Gasteiger partial charge in [0, 0.05) is 36.7 Å². The quantitative estimate of drug-likeness (QED) is 0.940. The molecule has 0 spiro atoms. The van der Waals surface area contributed by atoms with E-state index < -0.39 is 0 Å². The van der Waals surface area contributed by atoms with E-state index >= 15 is 0 Å². The van der Waals surface area contributed by atoms with Crippen molar-refractivity contribution in [3.05, 3.63) is 42.5 Å². The summed E-state index contributed by atoms with van der Waals surface area (Å²) in [4.78, 5) is 18.7. The predicted molar refractivity (Wildman–Crippen MR) is 93.4 cm³/mol. The number of urea groups is 1. The average Bonchev–Trinajstić information content (AvgIpc) is 3.11. The molecule has 0 aliphatic carbocycles. The first-order valence-electron chi connectivity index (χ1n) is 8.27. The monoisotopic (exact) mass is 328 g/mol. The van der Waals surface area contributed by atoms with Gasteiger partial charge >= 0.3 is 6.03 Å². The molecule has 1 N–H and O–H groups in total. The van der Waals surface area contributed by atoms with Crippen molar-refractivity contribution in [2.75, 3.05) is 25.5 Å². The fraction of sp³-hybridized carbons (Fsp3) is 0.444. The van der Waals surface area contributed by atoms with Crippen LogP contribution in [0.4, 0.5) is 10.5 Å². The van der Waals surface area contributed by atoms with Crippen LogP contribution in [-0.4, -0.2) is 40.7 Å². The number of amides is 2. The third-order valence-corrected chi connectivity index (χ3v) is 4.86. The van der Waals surface area contributed by atoms with E-state index in [1.54, 1.807) is 13.3 Å². The molecule has 2 amide bonds. The first-order valence-corrected chi connectivity index (χ1v) is 8.27. The second-order valence-electron chi connectivity index (χ2n) is 6.35. The van der Waals surface area contributed by atoms with Gasteiger partial charge in [0.1, 0.15) is 5.75 Å². The Labute approximate surface area is 142 Å². The van der Waals surface area contributed by atoms with Crippen LogP contribution in [0.1, 0.15) is 24.9 Å². The number of rotatable bonds is 3. The highest BCUT2D eigenvalue weighted by Crippen LogP contribution is 2.29. The lowest BCUT2D eigenvalue weighted by molar-refractivity contribution is 0.149. The minimum Gasteiger partial charge on any atom is -0.496 e. The third kappa shape index (κ3) is 3.22. The number of benzene rings is 1. The maximum atomic E-state index is 12.7. The summed E-state index contributed by atoms with van der Waals surface area (Å²) in [6.45, 7) is 5.63. The highest BCUT2D eigenvalue weighted by molar-refractivity contribution is 5.90. The highest BCUT2D eigenvalue weighted by Gasteiger charge is 2.30. The van der Waals surface area contributed by atoms with Crippen LogP contribution in [0.15, 0.2) is 36.9 Å². The van der Waals surface area contributed by atoms with Gasteiger partial charge in [0.25, 0.3) is 0 Å². The zero-order valence-corrected chi connectivity index (χ0v) is 14.4. The molecule has 128 valence electrons. The SMILES string of the molecule is COc1cccc(NC(=O)N2CCC(C)C(n3ccnc3)C2)c1C. The molecule has 24 heavy (non-hydrogen) atoms. The van der Waals surface area contributed by atoms with Gasteiger partial charge in [0.2, 0.25) is 0 Å². The zero-order valence-electron chi connectivity index (χ0n) is 14.4. The van der Waals surface area contributed by atoms with Gasteiger partial charge in [-0.15, -0.1) is 0 Å². The molecule has 1 fully saturated rings. The van der Waals surface area contributed by atoms with Crippen LogP contribution < -0.4 is 10.1 Å². The van der Waals surface area contributed by atoms with Gasteiger partial charge in [-0.3, -0.25) is 0 Å². The molecule has 1 aromatic carbocycles. The van der Waals surface area contributed by atoms with Crippen molar-refractivity contribution in [2.45, 2.75) is 26.3 Å². The second kappa shape index (κ2) is 6.95. The minimum absolute atomic E-state index is 0.0663. The van der Waals surface area contributed by atoms with Crippen molar-refractivity contribution in [2.24, 2.45) is 5.92 Å². The number of imidazole rings is 1. The first-order chi connectivity index (χ1) is 11.6. The Bertz CT molecular complexity index is 699. The third-order valence-electron chi connectivity index (χ3n) is 4.86. The van der Waals surface area contributed by atoms with Crippen molar-refractivity contribution in [1.29, 1.82) is 0 Å². The van der Waals surface area contributed by atoms with E-state index in [2.05, 4.69) is 21.8 Å². The maximum Gasteiger partial charge on any atom is 0.321 e. The van der Waals surface area contributed by atoms with E-state index in [1.807, 2.05) is 42.5 Å². The Morgan fingerprint density at radius 3 is 2.96 bits per heavy atom. The fourth-order valence-corrected chi connectivity index (χ4v) is 3.25. The maximum absolute atomic E-state index is 12.7. The van der Waals surface area contributed by atoms with Crippen LogP contribution in [-0.2, 0) is 0 Å². The summed E-state index contributed by atoms with van der Waals surface area (Å²) in [7, 11) is 1.63. The molecular weight excluding hydrogens is 304 g/mol. The largest absolute Gasteiger partial charge is 0.496 e. The molecule has 6 heteroatoms. The number of piperidine rings is 1. The van der Waals surface area contributed by atoms with Gasteiger partial charge in [-0.2, -0.15) is 0 Å². The summed E-state index contributed by atoms with van der Waals surface area (Å²) in [5.41, 5.74) is 1.72. The number of hydrogen-bond acceptors (Lipinski definition) is 3. The van der Waals surface area contributed by atoms with Crippen molar-refractivity contribution < 1.29 is 9.53 Å². The lowest BCUT2D eigenvalue weighted by Crippen LogP contribution is -2.45. The molecule has 0 radical (unpaired) electrons. The van der Waals surface area contributed by atoms with Gasteiger partial charge in [-0.1, -0.05) is 13.0 Å². The molecule has 3 rings (SSSR count). The number of ether oxygens (including phenoxy) is 1. The van der Waals surface area contributed by atoms with Gasteiger partial charge in [-0.05, 0) is 31.4 Å². The average molecular weight is 328 g/mol. The Balaban J connectivity index is 1.71. The minimum atomic E-state index is -0.0663. The summed E-state index contributed by atoms with van der Waals surface area (Å²) in [6, 6.07) is 5.87. The first kappa shape index (κ1) is 16.4. The van der Waals surface area contributed by atoms with Crippen LogP contribution in [0.25, 0.3) is 0 Å². The molecule has 1 aliphatic heterocycles. The number of carbonyl (C=O) groups excluding carboxylic acids is 1. The summed E-state index contributed by atoms with van der Waals surface area (Å²) in [5.74, 6) is 1.29. The van der Waals surface area contributed by atoms with Gasteiger partial charge in [-0.25, -0.2) is 9.78 Å². The summed E-state index contributed by atoms with van der Waals surface area (Å²) in [6.07, 6.45) is 6.56. The molecule has 1 saturated heterocycles. The smallest absolute Gasteiger partial charge is 0.321 e. The van der Waals surface area contributed by atoms with E-state index in [4.69, 9.17) is 4.74 Å². The number of carbonyl (C=O) groups is 1. The van der Waals surface area contributed by atoms with E-state index in [0.29, 0.717) is 12.5 Å². The Kier molecular flexibility index (Phi) is 4.74. The molecule has 6 nitrogen and oxygen atoms in total. The van der Waals surface area contributed by atoms with E-state index in [9.17, 15) is 4.79 Å². The van der Waals surface area contributed by atoms with Crippen LogP contribution in [0.2, 0.25) is 0 Å². The lowest BCUT2D eigenvalue weighted by Gasteiger charge is -2.37. The lowest BCUT2D eigenvalue weighted by atomic mass is 9.93. The van der Waals surface area contributed by atoms with E-state index in [0.717, 1.165) is 30.0 Å². The molecule has 2 aromatic rings. The summed E-state index contributed by atoms with van der Waals surface area (Å²) >= 11 is 0. The normalized spacial score (nSPS) is 20.7. The molecule has 2 atom stereocenters. The Hall–Kier alpha value is -2.50. The van der Waals surface area contributed by atoms with Crippen molar-refractivity contribution in [3.8, 4) is 5.75 Å². The van der Waals surface area contributed by atoms with Crippen molar-refractivity contribution in [3.63, 3.8) is 0 Å². The van der Waals surface area contributed by atoms with E-state index in [1.165, 1.54) is 0 Å². The van der Waals surface area contributed by atoms with Crippen molar-refractivity contribution >= 4 is 11.7 Å². The second-order valence-corrected chi connectivity index (χ2v) is 6.35. The number of methoxy groups -OCH3 is 1. The van der Waals surface area contributed by atoms with E-state index in [-0.39, 0.29) is 12.1 Å². The van der Waals surface area contributed by atoms with Crippen LogP contribution >= 0.6 is 0 Å². The molecule has 1 aliphatic rings. The number of hydrogen-bond donors (Lipinski definition) is 1. The molecular formula is C18H24N4O2. The van der Waals surface area contributed by atoms with Crippen LogP contribution in [0.5, 0.6) is 5.75 Å². The number of nitrogens with zero attached hydrogens (tertiary/aromatic N) is 3. The topological polar surface area (TPSA) is 59.4 Å². The highest BCUT2D eigenvalue weighted by atomic mass is 16.5. The standard InChI is InChI=1S/C18H24N4O2/c1-13-7-9-21(11-16(13)22-10-8-19-12-22)18(23)20-15-5-4-6-17(24-3)14(15)2/h4-6,8,10,12-13,16H,7,9,11H2,1-3H3,(H,20,23). The molecule has 0 saturated carbocycles. The van der Waals surface area contributed by atoms with Gasteiger partial charge in [0.15, 0.2) is 0 Å². The number of aromatic nitrogens is 2. The number of anilines is 1. The summed E-state index contributed by atoms with van der Waals surface area (Å²) in [5, 5.41) is 3.02. The van der Waals surface area contributed by atoms with Crippen LogP contribution in [0, 0.1) is 12.8 Å². The molecule has 2 heterocycles. The van der Waals surface area contributed by atoms with Crippen molar-refractivity contribution in [1.82, 2.24) is 14.5 Å². The Morgan fingerprint density at radius 2 is 2.25 bits per heavy atom. The molecule has 0 bridgehead atoms. The number of likely N-dealkylation sites (tertiary alicyclic amines) is 1. The molecule has 2 unspecified atom stereocenters. The summed E-state index contributed by atoms with van der Waals surface area (Å²) < 4.78 is 7.42. The predicted octanol–water partition coefficient (Wildman–Crippen LogP) is 3.32. The van der Waals surface area contributed by atoms with Gasteiger partial charge < -0.3 is 19.5 Å².